The van der Waals surface area contributed by atoms with Crippen molar-refractivity contribution < 1.29 is 14.6 Å². The van der Waals surface area contributed by atoms with Gasteiger partial charge < -0.3 is 9.84 Å². The molecule has 1 aromatic carbocycles. The molecule has 0 spiro atoms. The van der Waals surface area contributed by atoms with Gasteiger partial charge in [0.15, 0.2) is 6.10 Å². The summed E-state index contributed by atoms with van der Waals surface area (Å²) in [5.41, 5.74) is 0. The number of aliphatic hydroxyl groups excluding tert-OH is 1. The van der Waals surface area contributed by atoms with Crippen LogP contribution in [0.5, 0.6) is 5.75 Å². The maximum atomic E-state index is 11.6. The molecule has 1 saturated carbocycles. The van der Waals surface area contributed by atoms with Crippen LogP contribution in [0.2, 0.25) is 0 Å². The minimum Gasteiger partial charge on any atom is -0.425 e. The van der Waals surface area contributed by atoms with Crippen LogP contribution in [0.1, 0.15) is 25.7 Å². The van der Waals surface area contributed by atoms with Gasteiger partial charge in [0.05, 0.1) is 0 Å². The quantitative estimate of drug-likeness (QED) is 0.627. The number of aliphatic hydroxyl groups is 1. The Morgan fingerprint density at radius 1 is 1.25 bits per heavy atom. The van der Waals surface area contributed by atoms with Crippen molar-refractivity contribution in [3.63, 3.8) is 0 Å². The Morgan fingerprint density at radius 2 is 1.88 bits per heavy atom. The highest BCUT2D eigenvalue weighted by atomic mass is 16.5. The number of para-hydroxylation sites is 1. The Morgan fingerprint density at radius 3 is 2.50 bits per heavy atom. The predicted molar refractivity (Wildman–Crippen MR) is 60.0 cm³/mol. The van der Waals surface area contributed by atoms with Crippen LogP contribution in [-0.2, 0) is 4.79 Å². The molecule has 0 heterocycles. The van der Waals surface area contributed by atoms with Gasteiger partial charge in [-0.2, -0.15) is 0 Å². The molecule has 3 nitrogen and oxygen atoms in total. The summed E-state index contributed by atoms with van der Waals surface area (Å²) in [6, 6.07) is 8.86. The Bertz CT molecular complexity index is 341. The van der Waals surface area contributed by atoms with Gasteiger partial charge in [0.2, 0.25) is 0 Å². The van der Waals surface area contributed by atoms with Crippen molar-refractivity contribution in [3.8, 4) is 5.75 Å². The number of carbonyl (C=O) groups excluding carboxylic acids is 1. The summed E-state index contributed by atoms with van der Waals surface area (Å²) in [6.45, 7) is 0. The zero-order chi connectivity index (χ0) is 11.4. The summed E-state index contributed by atoms with van der Waals surface area (Å²) < 4.78 is 5.10. The van der Waals surface area contributed by atoms with Crippen molar-refractivity contribution in [2.75, 3.05) is 0 Å². The topological polar surface area (TPSA) is 46.5 Å². The summed E-state index contributed by atoms with van der Waals surface area (Å²) in [4.78, 5) is 11.6. The maximum Gasteiger partial charge on any atom is 0.340 e. The molecule has 1 aromatic rings. The average molecular weight is 220 g/mol. The summed E-state index contributed by atoms with van der Waals surface area (Å²) in [5.74, 6) is 0.0406. The van der Waals surface area contributed by atoms with Gasteiger partial charge in [-0.1, -0.05) is 31.0 Å². The second-order valence-electron chi connectivity index (χ2n) is 4.22. The summed E-state index contributed by atoms with van der Waals surface area (Å²) in [6.07, 6.45) is 3.07. The van der Waals surface area contributed by atoms with E-state index in [0.29, 0.717) is 5.75 Å². The predicted octanol–water partition coefficient (Wildman–Crippen LogP) is 2.14. The highest BCUT2D eigenvalue weighted by molar-refractivity contribution is 5.77. The van der Waals surface area contributed by atoms with Gasteiger partial charge in [-0.3, -0.25) is 0 Å². The standard InChI is InChI=1S/C13H16O3/c14-12(10-6-4-5-7-10)13(15)16-11-8-2-1-3-9-11/h1-3,8-10,12,14H,4-7H2. The van der Waals surface area contributed by atoms with Gasteiger partial charge in [0, 0.05) is 0 Å². The van der Waals surface area contributed by atoms with Crippen LogP contribution in [0.4, 0.5) is 0 Å². The van der Waals surface area contributed by atoms with E-state index < -0.39 is 12.1 Å². The lowest BCUT2D eigenvalue weighted by Crippen LogP contribution is -2.31. The smallest absolute Gasteiger partial charge is 0.340 e. The van der Waals surface area contributed by atoms with Crippen molar-refractivity contribution in [1.29, 1.82) is 0 Å². The van der Waals surface area contributed by atoms with Gasteiger partial charge >= 0.3 is 5.97 Å². The summed E-state index contributed by atoms with van der Waals surface area (Å²) in [5, 5.41) is 9.80. The summed E-state index contributed by atoms with van der Waals surface area (Å²) in [7, 11) is 0. The van der Waals surface area contributed by atoms with E-state index in [-0.39, 0.29) is 5.92 Å². The Kier molecular flexibility index (Phi) is 3.57. The second-order valence-corrected chi connectivity index (χ2v) is 4.22. The van der Waals surface area contributed by atoms with Gasteiger partial charge in [-0.25, -0.2) is 4.79 Å². The first-order valence-electron chi connectivity index (χ1n) is 5.72. The molecule has 1 atom stereocenters. The number of carbonyl (C=O) groups is 1. The third-order valence-corrected chi connectivity index (χ3v) is 3.05. The highest BCUT2D eigenvalue weighted by Gasteiger charge is 2.30. The molecule has 86 valence electrons. The molecule has 16 heavy (non-hydrogen) atoms. The van der Waals surface area contributed by atoms with Crippen LogP contribution in [0, 0.1) is 5.92 Å². The summed E-state index contributed by atoms with van der Waals surface area (Å²) >= 11 is 0. The third kappa shape index (κ3) is 2.61. The van der Waals surface area contributed by atoms with Gasteiger partial charge in [0.1, 0.15) is 5.75 Å². The maximum absolute atomic E-state index is 11.6. The fraction of sp³-hybridized carbons (Fsp3) is 0.462. The number of rotatable bonds is 3. The molecule has 0 bridgehead atoms. The van der Waals surface area contributed by atoms with E-state index in [1.807, 2.05) is 6.07 Å². The lowest BCUT2D eigenvalue weighted by molar-refractivity contribution is -0.146. The number of ether oxygens (including phenoxy) is 1. The van der Waals surface area contributed by atoms with Crippen molar-refractivity contribution >= 4 is 5.97 Å². The van der Waals surface area contributed by atoms with E-state index in [4.69, 9.17) is 4.74 Å². The van der Waals surface area contributed by atoms with E-state index in [2.05, 4.69) is 0 Å². The minimum atomic E-state index is -0.970. The SMILES string of the molecule is O=C(Oc1ccccc1)C(O)C1CCCC1. The first-order valence-corrected chi connectivity index (χ1v) is 5.72. The van der Waals surface area contributed by atoms with Crippen molar-refractivity contribution in [2.45, 2.75) is 31.8 Å². The normalized spacial score (nSPS) is 18.3. The number of benzene rings is 1. The second kappa shape index (κ2) is 5.12. The monoisotopic (exact) mass is 220 g/mol. The number of hydrogen-bond donors (Lipinski definition) is 1. The van der Waals surface area contributed by atoms with Crippen LogP contribution in [0.3, 0.4) is 0 Å². The minimum absolute atomic E-state index is 0.0798. The fourth-order valence-corrected chi connectivity index (χ4v) is 2.13. The molecule has 0 amide bonds. The Balaban J connectivity index is 1.92. The Labute approximate surface area is 95.0 Å². The average Bonchev–Trinajstić information content (AvgIpc) is 2.83. The lowest BCUT2D eigenvalue weighted by Gasteiger charge is -2.15. The number of esters is 1. The molecule has 1 fully saturated rings. The lowest BCUT2D eigenvalue weighted by atomic mass is 10.0. The molecule has 0 aromatic heterocycles. The molecule has 3 heteroatoms. The number of hydrogen-bond acceptors (Lipinski definition) is 3. The van der Waals surface area contributed by atoms with E-state index >= 15 is 0 Å². The Hall–Kier alpha value is -1.35. The molecular weight excluding hydrogens is 204 g/mol. The van der Waals surface area contributed by atoms with E-state index in [1.165, 1.54) is 0 Å². The molecule has 2 rings (SSSR count). The van der Waals surface area contributed by atoms with Gasteiger partial charge in [-0.05, 0) is 30.9 Å². The highest BCUT2D eigenvalue weighted by Crippen LogP contribution is 2.28. The van der Waals surface area contributed by atoms with Crippen LogP contribution in [0.25, 0.3) is 0 Å². The van der Waals surface area contributed by atoms with E-state index in [1.54, 1.807) is 24.3 Å². The molecular formula is C13H16O3. The molecule has 1 aliphatic carbocycles. The first-order chi connectivity index (χ1) is 7.77. The van der Waals surface area contributed by atoms with Crippen molar-refractivity contribution in [2.24, 2.45) is 5.92 Å². The zero-order valence-electron chi connectivity index (χ0n) is 9.13. The molecule has 0 saturated heterocycles. The first kappa shape index (κ1) is 11.1. The van der Waals surface area contributed by atoms with Crippen molar-refractivity contribution in [1.82, 2.24) is 0 Å². The molecule has 0 radical (unpaired) electrons. The van der Waals surface area contributed by atoms with Gasteiger partial charge in [0.25, 0.3) is 0 Å². The largest absolute Gasteiger partial charge is 0.425 e. The van der Waals surface area contributed by atoms with Gasteiger partial charge in [-0.15, -0.1) is 0 Å². The van der Waals surface area contributed by atoms with Crippen LogP contribution in [-0.4, -0.2) is 17.2 Å². The molecule has 1 aliphatic rings. The molecule has 1 N–H and O–H groups in total. The van der Waals surface area contributed by atoms with E-state index in [9.17, 15) is 9.90 Å². The third-order valence-electron chi connectivity index (χ3n) is 3.05. The van der Waals surface area contributed by atoms with Crippen LogP contribution in [0.15, 0.2) is 30.3 Å². The van der Waals surface area contributed by atoms with Crippen LogP contribution < -0.4 is 4.74 Å². The molecule has 1 unspecified atom stereocenters. The van der Waals surface area contributed by atoms with E-state index in [0.717, 1.165) is 25.7 Å². The molecule has 0 aliphatic heterocycles. The van der Waals surface area contributed by atoms with Crippen molar-refractivity contribution in [3.05, 3.63) is 30.3 Å². The van der Waals surface area contributed by atoms with Crippen LogP contribution >= 0.6 is 0 Å². The zero-order valence-corrected chi connectivity index (χ0v) is 9.13. The fourth-order valence-electron chi connectivity index (χ4n) is 2.13.